The van der Waals surface area contributed by atoms with Gasteiger partial charge in [-0.1, -0.05) is 52.4 Å². The average Bonchev–Trinajstić information content (AvgIpc) is 2.47. The van der Waals surface area contributed by atoms with Crippen molar-refractivity contribution < 1.29 is 32.4 Å². The van der Waals surface area contributed by atoms with Gasteiger partial charge in [-0.3, -0.25) is 14.1 Å². The molecule has 0 amide bonds. The lowest BCUT2D eigenvalue weighted by molar-refractivity contribution is -0.152. The number of hydrogen-bond acceptors (Lipinski definition) is 5. The summed E-state index contributed by atoms with van der Waals surface area (Å²) in [6.07, 6.45) is 6.97. The summed E-state index contributed by atoms with van der Waals surface area (Å²) in [5.74, 6) is -2.68. The monoisotopic (exact) mass is 366 g/mol. The highest BCUT2D eigenvalue weighted by Crippen LogP contribution is 2.17. The van der Waals surface area contributed by atoms with Gasteiger partial charge >= 0.3 is 11.9 Å². The Labute approximate surface area is 144 Å². The molecular weight excluding hydrogens is 336 g/mol. The highest BCUT2D eigenvalue weighted by atomic mass is 32.2. The van der Waals surface area contributed by atoms with Crippen molar-refractivity contribution in [3.05, 3.63) is 0 Å². The normalized spacial score (nSPS) is 14.1. The molecule has 0 aromatic rings. The zero-order chi connectivity index (χ0) is 18.6. The van der Waals surface area contributed by atoms with E-state index >= 15 is 0 Å². The molecular formula is C16H30O7S. The molecule has 0 saturated heterocycles. The van der Waals surface area contributed by atoms with Gasteiger partial charge in [-0.05, 0) is 19.3 Å². The van der Waals surface area contributed by atoms with Gasteiger partial charge in [-0.2, -0.15) is 8.42 Å². The van der Waals surface area contributed by atoms with Gasteiger partial charge in [-0.25, -0.2) is 0 Å². The fraction of sp³-hybridized carbons (Fsp3) is 0.875. The molecule has 7 nitrogen and oxygen atoms in total. The first kappa shape index (κ1) is 22.9. The number of rotatable bonds is 14. The number of unbranched alkanes of at least 4 members (excludes halogenated alkanes) is 5. The van der Waals surface area contributed by atoms with Gasteiger partial charge in [0, 0.05) is 0 Å². The molecule has 0 spiro atoms. The molecule has 24 heavy (non-hydrogen) atoms. The molecule has 0 rings (SSSR count). The van der Waals surface area contributed by atoms with E-state index in [2.05, 4.69) is 6.92 Å². The second-order valence-electron chi connectivity index (χ2n) is 6.01. The van der Waals surface area contributed by atoms with E-state index in [4.69, 9.17) is 14.4 Å². The van der Waals surface area contributed by atoms with E-state index in [1.54, 1.807) is 0 Å². The van der Waals surface area contributed by atoms with E-state index in [1.807, 2.05) is 6.92 Å². The number of aliphatic carboxylic acids is 1. The van der Waals surface area contributed by atoms with Crippen molar-refractivity contribution in [2.75, 3.05) is 0 Å². The van der Waals surface area contributed by atoms with Crippen LogP contribution >= 0.6 is 0 Å². The summed E-state index contributed by atoms with van der Waals surface area (Å²) in [5, 5.41) is 6.62. The van der Waals surface area contributed by atoms with Crippen LogP contribution in [0.2, 0.25) is 0 Å². The molecule has 0 heterocycles. The number of hydrogen-bond donors (Lipinski definition) is 2. The summed E-state index contributed by atoms with van der Waals surface area (Å²) in [7, 11) is -4.81. The van der Waals surface area contributed by atoms with E-state index in [-0.39, 0.29) is 0 Å². The van der Waals surface area contributed by atoms with Gasteiger partial charge in [0.1, 0.15) is 6.10 Å². The minimum atomic E-state index is -4.81. The van der Waals surface area contributed by atoms with Gasteiger partial charge in [-0.15, -0.1) is 0 Å². The summed E-state index contributed by atoms with van der Waals surface area (Å²) in [6.45, 7) is 4.05. The molecule has 0 saturated carbocycles. The second-order valence-corrected chi connectivity index (χ2v) is 7.60. The Balaban J connectivity index is 4.55. The zero-order valence-corrected chi connectivity index (χ0v) is 15.4. The molecule has 0 aliphatic rings. The Hall–Kier alpha value is -1.15. The first-order chi connectivity index (χ1) is 11.2. The SMILES string of the molecule is CCCCCCCC[C@H](CCC)OC(=O)[C@@H](CC(=O)O)S(=O)(=O)O. The van der Waals surface area contributed by atoms with Gasteiger partial charge < -0.3 is 9.84 Å². The van der Waals surface area contributed by atoms with Gasteiger partial charge in [0.05, 0.1) is 6.42 Å². The van der Waals surface area contributed by atoms with Gasteiger partial charge in [0.2, 0.25) is 0 Å². The Kier molecular flexibility index (Phi) is 11.7. The topological polar surface area (TPSA) is 118 Å². The van der Waals surface area contributed by atoms with Crippen molar-refractivity contribution in [3.63, 3.8) is 0 Å². The van der Waals surface area contributed by atoms with E-state index in [0.717, 1.165) is 38.5 Å². The van der Waals surface area contributed by atoms with Crippen molar-refractivity contribution >= 4 is 22.1 Å². The van der Waals surface area contributed by atoms with Crippen molar-refractivity contribution in [3.8, 4) is 0 Å². The van der Waals surface area contributed by atoms with E-state index in [9.17, 15) is 18.0 Å². The van der Waals surface area contributed by atoms with Crippen molar-refractivity contribution in [1.82, 2.24) is 0 Å². The Morgan fingerprint density at radius 3 is 2.04 bits per heavy atom. The number of carboxylic acid groups (broad SMARTS) is 1. The fourth-order valence-electron chi connectivity index (χ4n) is 2.45. The van der Waals surface area contributed by atoms with Crippen molar-refractivity contribution in [2.45, 2.75) is 89.4 Å². The first-order valence-corrected chi connectivity index (χ1v) is 10.1. The van der Waals surface area contributed by atoms with Gasteiger partial charge in [0.15, 0.2) is 5.25 Å². The van der Waals surface area contributed by atoms with Crippen LogP contribution in [0.15, 0.2) is 0 Å². The average molecular weight is 366 g/mol. The Bertz CT molecular complexity index is 473. The van der Waals surface area contributed by atoms with Crippen LogP contribution in [0.25, 0.3) is 0 Å². The number of ether oxygens (including phenoxy) is 1. The van der Waals surface area contributed by atoms with E-state index in [0.29, 0.717) is 12.8 Å². The number of carbonyl (C=O) groups excluding carboxylic acids is 1. The first-order valence-electron chi connectivity index (χ1n) is 8.60. The molecule has 2 atom stereocenters. The second kappa shape index (κ2) is 12.2. The summed E-state index contributed by atoms with van der Waals surface area (Å²) in [5.41, 5.74) is 0. The maximum atomic E-state index is 12.0. The summed E-state index contributed by atoms with van der Waals surface area (Å²) < 4.78 is 36.6. The lowest BCUT2D eigenvalue weighted by Crippen LogP contribution is -2.36. The Morgan fingerprint density at radius 2 is 1.54 bits per heavy atom. The molecule has 0 unspecified atom stereocenters. The standard InChI is InChI=1S/C16H30O7S/c1-3-5-6-7-8-9-11-13(10-4-2)23-16(19)14(12-15(17)18)24(20,21)22/h13-14H,3-12H2,1-2H3,(H,17,18)(H,20,21,22)/t13-,14+/m0/s1. The number of carboxylic acids is 1. The van der Waals surface area contributed by atoms with Crippen LogP contribution < -0.4 is 0 Å². The molecule has 0 radical (unpaired) electrons. The van der Waals surface area contributed by atoms with E-state index < -0.39 is 39.8 Å². The maximum Gasteiger partial charge on any atom is 0.327 e. The quantitative estimate of drug-likeness (QED) is 0.275. The molecule has 0 aliphatic heterocycles. The van der Waals surface area contributed by atoms with Gasteiger partial charge in [0.25, 0.3) is 10.1 Å². The largest absolute Gasteiger partial charge is 0.481 e. The predicted molar refractivity (Wildman–Crippen MR) is 90.4 cm³/mol. The maximum absolute atomic E-state index is 12.0. The minimum Gasteiger partial charge on any atom is -0.481 e. The van der Waals surface area contributed by atoms with Crippen LogP contribution in [0, 0.1) is 0 Å². The summed E-state index contributed by atoms with van der Waals surface area (Å²) in [6, 6.07) is 0. The van der Waals surface area contributed by atoms with Crippen LogP contribution in [-0.4, -0.2) is 41.4 Å². The third-order valence-corrected chi connectivity index (χ3v) is 4.83. The third kappa shape index (κ3) is 10.6. The highest BCUT2D eigenvalue weighted by Gasteiger charge is 2.36. The molecule has 0 aromatic heterocycles. The van der Waals surface area contributed by atoms with Crippen LogP contribution in [0.1, 0.15) is 78.1 Å². The van der Waals surface area contributed by atoms with Crippen molar-refractivity contribution in [2.24, 2.45) is 0 Å². The highest BCUT2D eigenvalue weighted by molar-refractivity contribution is 7.87. The smallest absolute Gasteiger partial charge is 0.327 e. The van der Waals surface area contributed by atoms with E-state index in [1.165, 1.54) is 6.42 Å². The minimum absolute atomic E-state index is 0.452. The molecule has 8 heteroatoms. The fourth-order valence-corrected chi connectivity index (χ4v) is 3.10. The molecule has 0 bridgehead atoms. The predicted octanol–water partition coefficient (Wildman–Crippen LogP) is 3.18. The molecule has 0 aromatic carbocycles. The van der Waals surface area contributed by atoms with Crippen LogP contribution in [0.3, 0.4) is 0 Å². The molecule has 0 fully saturated rings. The van der Waals surface area contributed by atoms with Crippen molar-refractivity contribution in [1.29, 1.82) is 0 Å². The Morgan fingerprint density at radius 1 is 0.958 bits per heavy atom. The zero-order valence-electron chi connectivity index (χ0n) is 14.6. The van der Waals surface area contributed by atoms with Crippen LogP contribution in [0.5, 0.6) is 0 Å². The lowest BCUT2D eigenvalue weighted by Gasteiger charge is -2.20. The molecule has 2 N–H and O–H groups in total. The number of esters is 1. The van der Waals surface area contributed by atoms with Crippen LogP contribution in [0.4, 0.5) is 0 Å². The summed E-state index contributed by atoms with van der Waals surface area (Å²) >= 11 is 0. The lowest BCUT2D eigenvalue weighted by atomic mass is 10.0. The number of carbonyl (C=O) groups is 2. The third-order valence-electron chi connectivity index (χ3n) is 3.76. The van der Waals surface area contributed by atoms with Crippen LogP contribution in [-0.2, 0) is 24.4 Å². The molecule has 0 aliphatic carbocycles. The molecule has 142 valence electrons. The summed E-state index contributed by atoms with van der Waals surface area (Å²) in [4.78, 5) is 22.6.